The summed E-state index contributed by atoms with van der Waals surface area (Å²) < 4.78 is 0. The van der Waals surface area contributed by atoms with Gasteiger partial charge < -0.3 is 1.43 Å². The van der Waals surface area contributed by atoms with Crippen LogP contribution in [0.3, 0.4) is 0 Å². The van der Waals surface area contributed by atoms with Crippen molar-refractivity contribution in [3.8, 4) is 0 Å². The Hall–Kier alpha value is 1.05. The Labute approximate surface area is 107 Å². The molecule has 10 heavy (non-hydrogen) atoms. The van der Waals surface area contributed by atoms with Crippen molar-refractivity contribution in [2.24, 2.45) is 5.92 Å². The average Bonchev–Trinajstić information content (AvgIpc) is 1.82. The summed E-state index contributed by atoms with van der Waals surface area (Å²) in [5.74, 6) is 0.467. The molecule has 0 saturated carbocycles. The molecule has 0 aromatic heterocycles. The predicted octanol–water partition coefficient (Wildman–Crippen LogP) is -0.706. The maximum absolute atomic E-state index is 10.6. The fourth-order valence-electron chi connectivity index (χ4n) is 0.506. The normalized spacial score (nSPS) is 12.7. The van der Waals surface area contributed by atoms with E-state index in [1.165, 1.54) is 0 Å². The van der Waals surface area contributed by atoms with Crippen molar-refractivity contribution in [1.82, 2.24) is 0 Å². The van der Waals surface area contributed by atoms with E-state index in [-0.39, 0.29) is 64.5 Å². The molecule has 0 aromatic rings. The maximum Gasteiger partial charge on any atom is 1.00 e. The average molecular weight is 166 g/mol. The first-order valence-corrected chi connectivity index (χ1v) is 3.30. The van der Waals surface area contributed by atoms with Gasteiger partial charge in [0.25, 0.3) is 0 Å². The number of hydrogen-bond acceptors (Lipinski definition) is 1. The summed E-state index contributed by atoms with van der Waals surface area (Å²) in [4.78, 5) is 10.6. The molecule has 0 aromatic carbocycles. The molecule has 1 unspecified atom stereocenters. The van der Waals surface area contributed by atoms with Crippen LogP contribution in [0.2, 0.25) is 0 Å². The second kappa shape index (κ2) is 8.15. The summed E-state index contributed by atoms with van der Waals surface area (Å²) in [6.45, 7) is 5.54. The maximum atomic E-state index is 10.6. The summed E-state index contributed by atoms with van der Waals surface area (Å²) in [5.41, 5.74) is 0. The monoisotopic (exact) mass is 166 g/mol. The Balaban J connectivity index is -0.000000320. The fraction of sp³-hybridized carbons (Fsp3) is 0.625. The van der Waals surface area contributed by atoms with E-state index < -0.39 is 0 Å². The van der Waals surface area contributed by atoms with Crippen LogP contribution in [0.25, 0.3) is 0 Å². The van der Waals surface area contributed by atoms with Crippen LogP contribution in [0.4, 0.5) is 0 Å². The Bertz CT molecular complexity index is 123. The summed E-state index contributed by atoms with van der Waals surface area (Å²) in [6, 6.07) is 0. The van der Waals surface area contributed by atoms with Crippen LogP contribution in [0.5, 0.6) is 0 Å². The number of carbonyl (C=O) groups is 1. The van der Waals surface area contributed by atoms with Crippen LogP contribution in [0.15, 0.2) is 12.2 Å². The van der Waals surface area contributed by atoms with Gasteiger partial charge in [-0.25, -0.2) is 0 Å². The molecule has 0 N–H and O–H groups in total. The van der Waals surface area contributed by atoms with Crippen LogP contribution in [-0.4, -0.2) is 5.78 Å². The molecule has 0 rings (SSSR count). The zero-order chi connectivity index (χ0) is 7.28. The number of ketones is 1. The number of Topliss-reactive ketones (excluding diaryl/α,β-unsaturated/α-hetero) is 1. The fourth-order valence-corrected chi connectivity index (χ4v) is 0.506. The van der Waals surface area contributed by atoms with E-state index in [0.29, 0.717) is 0 Å². The van der Waals surface area contributed by atoms with E-state index in [2.05, 4.69) is 0 Å². The predicted molar refractivity (Wildman–Crippen MR) is 40.4 cm³/mol. The van der Waals surface area contributed by atoms with Crippen LogP contribution >= 0.6 is 0 Å². The van der Waals surface area contributed by atoms with Gasteiger partial charge in [-0.15, -0.1) is 0 Å². The van der Waals surface area contributed by atoms with Crippen molar-refractivity contribution in [1.29, 1.82) is 0 Å². The Kier molecular flexibility index (Phi) is 11.1. The van der Waals surface area contributed by atoms with Gasteiger partial charge in [0.2, 0.25) is 0 Å². The molecule has 1 atom stereocenters. The van der Waals surface area contributed by atoms with Gasteiger partial charge in [-0.1, -0.05) is 19.1 Å². The van der Waals surface area contributed by atoms with Gasteiger partial charge in [0.05, 0.1) is 0 Å². The largest absolute Gasteiger partial charge is 1.00 e. The molecule has 2 heteroatoms. The van der Waals surface area contributed by atoms with Crippen molar-refractivity contribution < 1.29 is 57.6 Å². The van der Waals surface area contributed by atoms with Crippen LogP contribution in [0, 0.1) is 5.92 Å². The Morgan fingerprint density at radius 3 is 2.50 bits per heavy atom. The van der Waals surface area contributed by atoms with Gasteiger partial charge in [-0.05, 0) is 20.3 Å². The van der Waals surface area contributed by atoms with Gasteiger partial charge in [-0.3, -0.25) is 4.79 Å². The molecule has 0 aliphatic carbocycles. The van der Waals surface area contributed by atoms with Gasteiger partial charge in [0.15, 0.2) is 0 Å². The molecule has 0 bridgehead atoms. The van der Waals surface area contributed by atoms with Gasteiger partial charge in [0.1, 0.15) is 5.78 Å². The summed E-state index contributed by atoms with van der Waals surface area (Å²) in [5, 5.41) is 0. The molecular weight excluding hydrogens is 151 g/mol. The van der Waals surface area contributed by atoms with Crippen molar-refractivity contribution in [3.63, 3.8) is 0 Å². The molecule has 0 aliphatic rings. The van der Waals surface area contributed by atoms with Crippen molar-refractivity contribution in [3.05, 3.63) is 12.2 Å². The van der Waals surface area contributed by atoms with Crippen molar-refractivity contribution in [2.75, 3.05) is 0 Å². The number of carbonyl (C=O) groups excluding carboxylic acids is 1. The first kappa shape index (κ1) is 13.6. The molecule has 0 radical (unpaired) electrons. The van der Waals surface area contributed by atoms with Crippen LogP contribution < -0.4 is 51.4 Å². The van der Waals surface area contributed by atoms with Gasteiger partial charge in [0, 0.05) is 5.92 Å². The van der Waals surface area contributed by atoms with E-state index in [0.717, 1.165) is 6.42 Å². The van der Waals surface area contributed by atoms with Gasteiger partial charge >= 0.3 is 51.4 Å². The zero-order valence-electron chi connectivity index (χ0n) is 8.35. The summed E-state index contributed by atoms with van der Waals surface area (Å²) >= 11 is 0. The number of rotatable bonds is 3. The standard InChI is InChI=1S/C8H14O.K.H/c1-4-5-6-7(2)8(3)9;;/h4-5,7H,6H2,1-3H3;;/q;+1;-1. The molecule has 0 heterocycles. The third kappa shape index (κ3) is 7.16. The van der Waals surface area contributed by atoms with E-state index >= 15 is 0 Å². The summed E-state index contributed by atoms with van der Waals surface area (Å²) in [6.07, 6.45) is 4.87. The van der Waals surface area contributed by atoms with E-state index in [4.69, 9.17) is 0 Å². The second-order valence-electron chi connectivity index (χ2n) is 2.32. The third-order valence-electron chi connectivity index (χ3n) is 1.42. The zero-order valence-corrected chi connectivity index (χ0v) is 10.5. The van der Waals surface area contributed by atoms with E-state index in [1.807, 2.05) is 26.0 Å². The van der Waals surface area contributed by atoms with Crippen LogP contribution in [-0.2, 0) is 4.79 Å². The minimum Gasteiger partial charge on any atom is -1.00 e. The third-order valence-corrected chi connectivity index (χ3v) is 1.42. The molecule has 54 valence electrons. The molecule has 0 spiro atoms. The van der Waals surface area contributed by atoms with Crippen molar-refractivity contribution >= 4 is 5.78 Å². The second-order valence-corrected chi connectivity index (χ2v) is 2.32. The minimum atomic E-state index is 0. The number of allylic oxidation sites excluding steroid dienone is 2. The van der Waals surface area contributed by atoms with Crippen LogP contribution in [0.1, 0.15) is 28.6 Å². The van der Waals surface area contributed by atoms with E-state index in [9.17, 15) is 4.79 Å². The summed E-state index contributed by atoms with van der Waals surface area (Å²) in [7, 11) is 0. The minimum absolute atomic E-state index is 0. The molecule has 0 fully saturated rings. The molecule has 0 amide bonds. The van der Waals surface area contributed by atoms with Gasteiger partial charge in [-0.2, -0.15) is 0 Å². The smallest absolute Gasteiger partial charge is 1.00 e. The number of hydrogen-bond donors (Lipinski definition) is 0. The molecular formula is C8H15KO. The molecule has 0 aliphatic heterocycles. The SMILES string of the molecule is CC=CCC(C)C(C)=O.[H-].[K+]. The topological polar surface area (TPSA) is 17.1 Å². The Morgan fingerprint density at radius 2 is 2.20 bits per heavy atom. The molecule has 1 nitrogen and oxygen atoms in total. The van der Waals surface area contributed by atoms with E-state index in [1.54, 1.807) is 6.92 Å². The first-order valence-electron chi connectivity index (χ1n) is 3.30. The quantitative estimate of drug-likeness (QED) is 0.400. The first-order chi connectivity index (χ1) is 4.18. The Morgan fingerprint density at radius 1 is 1.70 bits per heavy atom. The van der Waals surface area contributed by atoms with Crippen molar-refractivity contribution in [2.45, 2.75) is 27.2 Å². The molecule has 0 saturated heterocycles.